The van der Waals surface area contributed by atoms with Crippen molar-refractivity contribution in [1.29, 1.82) is 0 Å². The molecule has 5 nitrogen and oxygen atoms in total. The molecule has 0 spiro atoms. The number of anilines is 1. The number of carbonyl (C=O) groups excluding carboxylic acids is 1. The molecule has 0 bridgehead atoms. The predicted molar refractivity (Wildman–Crippen MR) is 57.2 cm³/mol. The number of carbonyl (C=O) groups is 1. The number of rotatable bonds is 4. The standard InChI is InChI=1S/C10H13F2N3O2/c1-17-7(16)3-6-2-5(4-13)8(14)9(15-6)10(11)12/h2,10H,3-4,13-14H2,1H3. The molecule has 0 atom stereocenters. The zero-order valence-corrected chi connectivity index (χ0v) is 9.24. The molecule has 17 heavy (non-hydrogen) atoms. The number of ether oxygens (including phenoxy) is 1. The second-order valence-electron chi connectivity index (χ2n) is 3.33. The number of methoxy groups -OCH3 is 1. The van der Waals surface area contributed by atoms with Crippen LogP contribution in [0, 0.1) is 0 Å². The molecule has 0 fully saturated rings. The van der Waals surface area contributed by atoms with Gasteiger partial charge in [0.1, 0.15) is 5.69 Å². The molecule has 0 aromatic carbocycles. The van der Waals surface area contributed by atoms with Gasteiger partial charge >= 0.3 is 5.97 Å². The minimum Gasteiger partial charge on any atom is -0.469 e. The summed E-state index contributed by atoms with van der Waals surface area (Å²) < 4.78 is 29.7. The Morgan fingerprint density at radius 3 is 2.71 bits per heavy atom. The van der Waals surface area contributed by atoms with Crippen molar-refractivity contribution in [2.75, 3.05) is 12.8 Å². The highest BCUT2D eigenvalue weighted by atomic mass is 19.3. The van der Waals surface area contributed by atoms with Crippen LogP contribution in [0.3, 0.4) is 0 Å². The highest BCUT2D eigenvalue weighted by Gasteiger charge is 2.18. The Morgan fingerprint density at radius 1 is 1.59 bits per heavy atom. The van der Waals surface area contributed by atoms with Gasteiger partial charge in [0.2, 0.25) is 0 Å². The summed E-state index contributed by atoms with van der Waals surface area (Å²) >= 11 is 0. The molecule has 0 amide bonds. The molecule has 7 heteroatoms. The molecule has 1 heterocycles. The Hall–Kier alpha value is -1.76. The van der Waals surface area contributed by atoms with Gasteiger partial charge in [0.15, 0.2) is 0 Å². The van der Waals surface area contributed by atoms with Crippen LogP contribution in [0.1, 0.15) is 23.4 Å². The lowest BCUT2D eigenvalue weighted by Gasteiger charge is -2.11. The van der Waals surface area contributed by atoms with Crippen LogP contribution in [0.15, 0.2) is 6.07 Å². The average molecular weight is 245 g/mol. The summed E-state index contributed by atoms with van der Waals surface area (Å²) in [4.78, 5) is 14.7. The van der Waals surface area contributed by atoms with E-state index in [1.165, 1.54) is 13.2 Å². The van der Waals surface area contributed by atoms with Gasteiger partial charge in [-0.25, -0.2) is 13.8 Å². The second kappa shape index (κ2) is 5.53. The number of nitrogen functional groups attached to an aromatic ring is 1. The molecular weight excluding hydrogens is 232 g/mol. The monoisotopic (exact) mass is 245 g/mol. The Balaban J connectivity index is 3.15. The zero-order chi connectivity index (χ0) is 13.0. The summed E-state index contributed by atoms with van der Waals surface area (Å²) in [7, 11) is 1.21. The van der Waals surface area contributed by atoms with Gasteiger partial charge in [0, 0.05) is 6.54 Å². The number of aromatic nitrogens is 1. The van der Waals surface area contributed by atoms with E-state index < -0.39 is 18.1 Å². The number of hydrogen-bond donors (Lipinski definition) is 2. The lowest BCUT2D eigenvalue weighted by Crippen LogP contribution is -2.12. The molecule has 0 saturated heterocycles. The van der Waals surface area contributed by atoms with E-state index in [2.05, 4.69) is 9.72 Å². The molecule has 0 radical (unpaired) electrons. The van der Waals surface area contributed by atoms with Crippen LogP contribution in [0.5, 0.6) is 0 Å². The van der Waals surface area contributed by atoms with E-state index in [1.807, 2.05) is 0 Å². The molecule has 1 aromatic heterocycles. The van der Waals surface area contributed by atoms with E-state index >= 15 is 0 Å². The maximum Gasteiger partial charge on any atom is 0.311 e. The molecule has 4 N–H and O–H groups in total. The van der Waals surface area contributed by atoms with Crippen molar-refractivity contribution in [2.45, 2.75) is 19.4 Å². The van der Waals surface area contributed by atoms with Gasteiger partial charge in [-0.05, 0) is 11.6 Å². The number of nitrogens with zero attached hydrogens (tertiary/aromatic N) is 1. The molecule has 0 aliphatic heterocycles. The van der Waals surface area contributed by atoms with Crippen LogP contribution < -0.4 is 11.5 Å². The third kappa shape index (κ3) is 3.10. The Labute approximate surface area is 96.8 Å². The Morgan fingerprint density at radius 2 is 2.24 bits per heavy atom. The minimum atomic E-state index is -2.81. The van der Waals surface area contributed by atoms with Crippen molar-refractivity contribution in [3.63, 3.8) is 0 Å². The second-order valence-corrected chi connectivity index (χ2v) is 3.33. The predicted octanol–water partition coefficient (Wildman–Crippen LogP) is 0.776. The number of pyridine rings is 1. The fourth-order valence-electron chi connectivity index (χ4n) is 1.34. The summed E-state index contributed by atoms with van der Waals surface area (Å²) in [5.74, 6) is -0.564. The minimum absolute atomic E-state index is 0.00223. The Bertz CT molecular complexity index is 424. The number of nitrogens with two attached hydrogens (primary N) is 2. The van der Waals surface area contributed by atoms with E-state index in [4.69, 9.17) is 11.5 Å². The fourth-order valence-corrected chi connectivity index (χ4v) is 1.34. The maximum absolute atomic E-state index is 12.6. The smallest absolute Gasteiger partial charge is 0.311 e. The van der Waals surface area contributed by atoms with E-state index in [0.29, 0.717) is 5.56 Å². The molecule has 0 aliphatic carbocycles. The first kappa shape index (κ1) is 13.3. The fraction of sp³-hybridized carbons (Fsp3) is 0.400. The molecule has 1 aromatic rings. The number of hydrogen-bond acceptors (Lipinski definition) is 5. The van der Waals surface area contributed by atoms with Crippen molar-refractivity contribution in [1.82, 2.24) is 4.98 Å². The quantitative estimate of drug-likeness (QED) is 0.765. The lowest BCUT2D eigenvalue weighted by atomic mass is 10.1. The van der Waals surface area contributed by atoms with Gasteiger partial charge in [0.05, 0.1) is 24.9 Å². The van der Waals surface area contributed by atoms with E-state index in [0.717, 1.165) is 0 Å². The van der Waals surface area contributed by atoms with Crippen molar-refractivity contribution in [2.24, 2.45) is 5.73 Å². The summed E-state index contributed by atoms with van der Waals surface area (Å²) in [5.41, 5.74) is 10.7. The number of alkyl halides is 2. The van der Waals surface area contributed by atoms with Crippen LogP contribution in [-0.4, -0.2) is 18.1 Å². The van der Waals surface area contributed by atoms with Crippen molar-refractivity contribution in [3.8, 4) is 0 Å². The highest BCUT2D eigenvalue weighted by molar-refractivity contribution is 5.72. The number of esters is 1. The van der Waals surface area contributed by atoms with E-state index in [9.17, 15) is 13.6 Å². The molecule has 0 unspecified atom stereocenters. The first-order valence-electron chi connectivity index (χ1n) is 4.82. The SMILES string of the molecule is COC(=O)Cc1cc(CN)c(N)c(C(F)F)n1. The van der Waals surface area contributed by atoms with Gasteiger partial charge < -0.3 is 16.2 Å². The largest absolute Gasteiger partial charge is 0.469 e. The van der Waals surface area contributed by atoms with Crippen LogP contribution in [-0.2, 0) is 22.5 Å². The Kier molecular flexibility index (Phi) is 4.33. The summed E-state index contributed by atoms with van der Waals surface area (Å²) in [6, 6.07) is 1.43. The van der Waals surface area contributed by atoms with Gasteiger partial charge in [-0.15, -0.1) is 0 Å². The van der Waals surface area contributed by atoms with Crippen molar-refractivity contribution < 1.29 is 18.3 Å². The van der Waals surface area contributed by atoms with Crippen LogP contribution in [0.4, 0.5) is 14.5 Å². The first-order chi connectivity index (χ1) is 7.99. The molecule has 1 rings (SSSR count). The summed E-state index contributed by atoms with van der Waals surface area (Å²) in [6.07, 6.45) is -3.00. The van der Waals surface area contributed by atoms with Crippen molar-refractivity contribution in [3.05, 3.63) is 23.0 Å². The van der Waals surface area contributed by atoms with E-state index in [-0.39, 0.29) is 24.3 Å². The third-order valence-electron chi connectivity index (χ3n) is 2.21. The van der Waals surface area contributed by atoms with Crippen LogP contribution in [0.2, 0.25) is 0 Å². The summed E-state index contributed by atoms with van der Waals surface area (Å²) in [5, 5.41) is 0. The van der Waals surface area contributed by atoms with Gasteiger partial charge in [-0.1, -0.05) is 0 Å². The molecule has 0 aliphatic rings. The number of halogens is 2. The molecular formula is C10H13F2N3O2. The normalized spacial score (nSPS) is 10.6. The topological polar surface area (TPSA) is 91.2 Å². The van der Waals surface area contributed by atoms with Gasteiger partial charge in [0.25, 0.3) is 6.43 Å². The summed E-state index contributed by atoms with van der Waals surface area (Å²) in [6.45, 7) is 0.00223. The van der Waals surface area contributed by atoms with E-state index in [1.54, 1.807) is 0 Å². The third-order valence-corrected chi connectivity index (χ3v) is 2.21. The van der Waals surface area contributed by atoms with Crippen molar-refractivity contribution >= 4 is 11.7 Å². The zero-order valence-electron chi connectivity index (χ0n) is 9.24. The van der Waals surface area contributed by atoms with Crippen LogP contribution >= 0.6 is 0 Å². The maximum atomic E-state index is 12.6. The lowest BCUT2D eigenvalue weighted by molar-refractivity contribution is -0.139. The van der Waals surface area contributed by atoms with Gasteiger partial charge in [-0.2, -0.15) is 0 Å². The highest BCUT2D eigenvalue weighted by Crippen LogP contribution is 2.26. The molecule has 0 saturated carbocycles. The molecule has 94 valence electrons. The average Bonchev–Trinajstić information content (AvgIpc) is 2.30. The first-order valence-corrected chi connectivity index (χ1v) is 4.82. The van der Waals surface area contributed by atoms with Gasteiger partial charge in [-0.3, -0.25) is 4.79 Å². The van der Waals surface area contributed by atoms with Crippen LogP contribution in [0.25, 0.3) is 0 Å².